The highest BCUT2D eigenvalue weighted by atomic mass is 35.5. The molecule has 7 heteroatoms. The Morgan fingerprint density at radius 1 is 1.10 bits per heavy atom. The lowest BCUT2D eigenvalue weighted by atomic mass is 9.49. The standard InChI is InChI=1S/C18H23Cl2N.C4H4O4/c1-2-21-10-15-12-3-5-13(6-4-12)18(15,11-21)14-7-8-16(19)17(20)9-14;5-3(6)1-2-4(7)8/h7-9,12-13,15H,2-6,10-11H2,1H3;1-2H,(H,5,6)(H,7,8). The number of benzene rings is 1. The quantitative estimate of drug-likeness (QED) is 0.663. The predicted molar refractivity (Wildman–Crippen MR) is 114 cm³/mol. The van der Waals surface area contributed by atoms with Crippen LogP contribution in [0.1, 0.15) is 38.2 Å². The van der Waals surface area contributed by atoms with Gasteiger partial charge in [0.05, 0.1) is 10.0 Å². The van der Waals surface area contributed by atoms with Crippen LogP contribution in [-0.4, -0.2) is 46.7 Å². The average Bonchev–Trinajstić information content (AvgIpc) is 3.13. The maximum atomic E-state index is 9.55. The first-order valence-electron chi connectivity index (χ1n) is 10.1. The monoisotopic (exact) mass is 439 g/mol. The fraction of sp³-hybridized carbons (Fsp3) is 0.545. The molecule has 1 aromatic carbocycles. The van der Waals surface area contributed by atoms with E-state index >= 15 is 0 Å². The van der Waals surface area contributed by atoms with E-state index in [-0.39, 0.29) is 0 Å². The highest BCUT2D eigenvalue weighted by molar-refractivity contribution is 6.42. The van der Waals surface area contributed by atoms with Gasteiger partial charge in [-0.2, -0.15) is 0 Å². The number of carboxylic acids is 2. The number of halogens is 2. The Bertz CT molecular complexity index is 788. The number of fused-ring (bicyclic) bond motifs is 2. The van der Waals surface area contributed by atoms with Crippen molar-refractivity contribution in [3.8, 4) is 0 Å². The lowest BCUT2D eigenvalue weighted by Gasteiger charge is -2.54. The summed E-state index contributed by atoms with van der Waals surface area (Å²) in [6, 6.07) is 6.42. The van der Waals surface area contributed by atoms with Crippen molar-refractivity contribution in [2.45, 2.75) is 38.0 Å². The molecule has 4 aliphatic rings. The van der Waals surface area contributed by atoms with Gasteiger partial charge in [0.15, 0.2) is 0 Å². The summed E-state index contributed by atoms with van der Waals surface area (Å²) < 4.78 is 0. The van der Waals surface area contributed by atoms with E-state index < -0.39 is 11.9 Å². The highest BCUT2D eigenvalue weighted by Gasteiger charge is 2.59. The van der Waals surface area contributed by atoms with Crippen LogP contribution in [0.2, 0.25) is 10.0 Å². The van der Waals surface area contributed by atoms with Crippen LogP contribution in [0.3, 0.4) is 0 Å². The molecule has 1 aliphatic heterocycles. The topological polar surface area (TPSA) is 77.8 Å². The molecule has 0 aromatic heterocycles. The van der Waals surface area contributed by atoms with E-state index in [2.05, 4.69) is 24.0 Å². The minimum Gasteiger partial charge on any atom is -0.478 e. The molecular weight excluding hydrogens is 413 g/mol. The number of aliphatic carboxylic acids is 2. The van der Waals surface area contributed by atoms with Crippen LogP contribution >= 0.6 is 23.2 Å². The van der Waals surface area contributed by atoms with Crippen LogP contribution in [0.25, 0.3) is 0 Å². The average molecular weight is 440 g/mol. The van der Waals surface area contributed by atoms with Gasteiger partial charge in [-0.15, -0.1) is 0 Å². The Morgan fingerprint density at radius 3 is 2.24 bits per heavy atom. The van der Waals surface area contributed by atoms with E-state index in [1.54, 1.807) is 0 Å². The third-order valence-electron chi connectivity index (χ3n) is 6.94. The van der Waals surface area contributed by atoms with Crippen molar-refractivity contribution in [2.24, 2.45) is 17.8 Å². The Hall–Kier alpha value is -1.56. The summed E-state index contributed by atoms with van der Waals surface area (Å²) in [5.41, 5.74) is 1.79. The Labute approximate surface area is 181 Å². The second kappa shape index (κ2) is 9.07. The lowest BCUT2D eigenvalue weighted by Crippen LogP contribution is -2.52. The number of hydrogen-bond donors (Lipinski definition) is 2. The second-order valence-corrected chi connectivity index (χ2v) is 9.04. The SMILES string of the molecule is CCN1CC2C3CCC(CC3)C2(c2ccc(Cl)c(Cl)c2)C1.O=C(O)C=CC(=O)O. The van der Waals surface area contributed by atoms with Crippen molar-refractivity contribution < 1.29 is 19.8 Å². The fourth-order valence-electron chi connectivity index (χ4n) is 5.74. The first-order chi connectivity index (χ1) is 13.8. The molecule has 158 valence electrons. The number of rotatable bonds is 4. The summed E-state index contributed by atoms with van der Waals surface area (Å²) in [6.07, 6.45) is 6.80. The predicted octanol–water partition coefficient (Wildman–Crippen LogP) is 4.71. The van der Waals surface area contributed by atoms with Gasteiger partial charge in [-0.3, -0.25) is 0 Å². The van der Waals surface area contributed by atoms with Gasteiger partial charge in [-0.1, -0.05) is 36.2 Å². The number of nitrogens with zero attached hydrogens (tertiary/aromatic N) is 1. The Kier molecular flexibility index (Phi) is 6.92. The summed E-state index contributed by atoms with van der Waals surface area (Å²) in [7, 11) is 0. The van der Waals surface area contributed by atoms with E-state index in [0.717, 1.165) is 22.8 Å². The zero-order valence-electron chi connectivity index (χ0n) is 16.5. The Morgan fingerprint density at radius 2 is 1.72 bits per heavy atom. The number of hydrogen-bond acceptors (Lipinski definition) is 3. The van der Waals surface area contributed by atoms with Crippen molar-refractivity contribution in [2.75, 3.05) is 19.6 Å². The summed E-state index contributed by atoms with van der Waals surface area (Å²) in [6.45, 7) is 5.95. The van der Waals surface area contributed by atoms with Gasteiger partial charge in [0.1, 0.15) is 0 Å². The summed E-state index contributed by atoms with van der Waals surface area (Å²) in [5.74, 6) is 0.0595. The van der Waals surface area contributed by atoms with E-state index in [0.29, 0.717) is 22.6 Å². The molecule has 1 aromatic rings. The molecule has 2 unspecified atom stereocenters. The molecule has 0 radical (unpaired) electrons. The van der Waals surface area contributed by atoms with Crippen LogP contribution in [0, 0.1) is 17.8 Å². The molecule has 0 amide bonds. The zero-order valence-corrected chi connectivity index (χ0v) is 18.0. The van der Waals surface area contributed by atoms with Crippen LogP contribution in [0.5, 0.6) is 0 Å². The molecule has 0 spiro atoms. The molecule has 3 aliphatic carbocycles. The zero-order chi connectivity index (χ0) is 21.2. The van der Waals surface area contributed by atoms with E-state index in [4.69, 9.17) is 33.4 Å². The van der Waals surface area contributed by atoms with Crippen molar-refractivity contribution >= 4 is 35.1 Å². The Balaban J connectivity index is 0.000000258. The first kappa shape index (κ1) is 22.1. The van der Waals surface area contributed by atoms with Crippen LogP contribution in [0.4, 0.5) is 0 Å². The van der Waals surface area contributed by atoms with E-state index in [9.17, 15) is 9.59 Å². The van der Waals surface area contributed by atoms with Crippen molar-refractivity contribution in [1.82, 2.24) is 4.90 Å². The van der Waals surface area contributed by atoms with Gasteiger partial charge in [-0.25, -0.2) is 9.59 Å². The smallest absolute Gasteiger partial charge is 0.328 e. The maximum absolute atomic E-state index is 9.55. The summed E-state index contributed by atoms with van der Waals surface area (Å²) in [4.78, 5) is 21.8. The third kappa shape index (κ3) is 4.47. The van der Waals surface area contributed by atoms with Crippen LogP contribution in [0.15, 0.2) is 30.4 Å². The number of carboxylic acid groups (broad SMARTS) is 2. The van der Waals surface area contributed by atoms with Crippen LogP contribution < -0.4 is 0 Å². The number of carbonyl (C=O) groups is 2. The molecule has 3 saturated carbocycles. The normalized spacial score (nSPS) is 30.7. The van der Waals surface area contributed by atoms with Crippen molar-refractivity contribution in [3.05, 3.63) is 46.0 Å². The fourth-order valence-corrected chi connectivity index (χ4v) is 6.04. The molecule has 1 heterocycles. The molecule has 5 nitrogen and oxygen atoms in total. The second-order valence-electron chi connectivity index (χ2n) is 8.22. The minimum absolute atomic E-state index is 0.339. The highest BCUT2D eigenvalue weighted by Crippen LogP contribution is 2.60. The van der Waals surface area contributed by atoms with Crippen molar-refractivity contribution in [3.63, 3.8) is 0 Å². The molecule has 2 N–H and O–H groups in total. The van der Waals surface area contributed by atoms with E-state index in [1.165, 1.54) is 50.9 Å². The molecular formula is C22H27Cl2NO4. The van der Waals surface area contributed by atoms with Gasteiger partial charge >= 0.3 is 11.9 Å². The molecule has 4 fully saturated rings. The largest absolute Gasteiger partial charge is 0.478 e. The third-order valence-corrected chi connectivity index (χ3v) is 7.68. The molecule has 1 saturated heterocycles. The van der Waals surface area contributed by atoms with Gasteiger partial charge in [-0.05, 0) is 67.7 Å². The molecule has 2 bridgehead atoms. The van der Waals surface area contributed by atoms with E-state index in [1.807, 2.05) is 6.07 Å². The summed E-state index contributed by atoms with van der Waals surface area (Å²) in [5, 5.41) is 17.0. The first-order valence-corrected chi connectivity index (χ1v) is 10.8. The van der Waals surface area contributed by atoms with Gasteiger partial charge in [0.2, 0.25) is 0 Å². The molecule has 29 heavy (non-hydrogen) atoms. The lowest BCUT2D eigenvalue weighted by molar-refractivity contribution is -0.134. The summed E-state index contributed by atoms with van der Waals surface area (Å²) >= 11 is 12.5. The minimum atomic E-state index is -1.26. The van der Waals surface area contributed by atoms with Gasteiger partial charge in [0, 0.05) is 30.7 Å². The van der Waals surface area contributed by atoms with Crippen molar-refractivity contribution in [1.29, 1.82) is 0 Å². The molecule has 2 atom stereocenters. The maximum Gasteiger partial charge on any atom is 0.328 e. The van der Waals surface area contributed by atoms with Crippen LogP contribution in [-0.2, 0) is 15.0 Å². The van der Waals surface area contributed by atoms with Gasteiger partial charge < -0.3 is 15.1 Å². The number of likely N-dealkylation sites (tertiary alicyclic amines) is 1. The van der Waals surface area contributed by atoms with Gasteiger partial charge in [0.25, 0.3) is 0 Å². The number of likely N-dealkylation sites (N-methyl/N-ethyl adjacent to an activating group) is 1. The molecule has 5 rings (SSSR count).